The van der Waals surface area contributed by atoms with Crippen molar-refractivity contribution in [3.05, 3.63) is 27.1 Å². The van der Waals surface area contributed by atoms with Crippen molar-refractivity contribution in [1.82, 2.24) is 19.8 Å². The Morgan fingerprint density at radius 1 is 1.28 bits per heavy atom. The summed E-state index contributed by atoms with van der Waals surface area (Å²) in [4.78, 5) is 45.3. The molecule has 1 atom stereocenters. The van der Waals surface area contributed by atoms with Crippen molar-refractivity contribution < 1.29 is 14.3 Å². The fourth-order valence-corrected chi connectivity index (χ4v) is 5.03. The number of carbonyl (C=O) groups is 2. The topological polar surface area (TPSA) is 93.5 Å². The molecule has 2 amide bonds. The number of hydrogen-bond acceptors (Lipinski definition) is 6. The van der Waals surface area contributed by atoms with E-state index in [1.54, 1.807) is 6.92 Å². The minimum atomic E-state index is -0.271. The molecule has 4 heterocycles. The van der Waals surface area contributed by atoms with Crippen LogP contribution in [0.1, 0.15) is 47.3 Å². The van der Waals surface area contributed by atoms with Gasteiger partial charge in [0.2, 0.25) is 5.91 Å². The van der Waals surface area contributed by atoms with Crippen LogP contribution >= 0.6 is 11.3 Å². The van der Waals surface area contributed by atoms with Gasteiger partial charge >= 0.3 is 0 Å². The van der Waals surface area contributed by atoms with E-state index in [2.05, 4.69) is 10.3 Å². The van der Waals surface area contributed by atoms with Crippen molar-refractivity contribution in [2.24, 2.45) is 0 Å². The highest BCUT2D eigenvalue weighted by Gasteiger charge is 2.23. The third kappa shape index (κ3) is 4.20. The van der Waals surface area contributed by atoms with E-state index in [4.69, 9.17) is 4.74 Å². The average Bonchev–Trinajstić information content (AvgIpc) is 3.37. The van der Waals surface area contributed by atoms with Crippen LogP contribution in [0, 0.1) is 6.92 Å². The number of piperidine rings is 1. The number of ether oxygens (including phenoxy) is 1. The Morgan fingerprint density at radius 2 is 2.07 bits per heavy atom. The van der Waals surface area contributed by atoms with Crippen LogP contribution in [0.4, 0.5) is 0 Å². The Bertz CT molecular complexity index is 971. The van der Waals surface area contributed by atoms with Gasteiger partial charge in [-0.15, -0.1) is 11.3 Å². The number of aryl methyl sites for hydroxylation is 1. The molecule has 2 aromatic rings. The highest BCUT2D eigenvalue weighted by molar-refractivity contribution is 7.20. The molecule has 2 aliphatic heterocycles. The zero-order valence-electron chi connectivity index (χ0n) is 16.6. The molecule has 0 aliphatic carbocycles. The Morgan fingerprint density at radius 3 is 2.79 bits per heavy atom. The van der Waals surface area contributed by atoms with Crippen molar-refractivity contribution in [1.29, 1.82) is 0 Å². The van der Waals surface area contributed by atoms with Gasteiger partial charge in [-0.1, -0.05) is 0 Å². The van der Waals surface area contributed by atoms with Crippen LogP contribution in [0.3, 0.4) is 0 Å². The fourth-order valence-electron chi connectivity index (χ4n) is 3.97. The summed E-state index contributed by atoms with van der Waals surface area (Å²) >= 11 is 1.21. The Kier molecular flexibility index (Phi) is 5.96. The first-order chi connectivity index (χ1) is 14.0. The first-order valence-electron chi connectivity index (χ1n) is 10.2. The minimum Gasteiger partial charge on any atom is -0.376 e. The number of amides is 2. The molecule has 156 valence electrons. The molecule has 2 aliphatic rings. The third-order valence-electron chi connectivity index (χ3n) is 5.65. The van der Waals surface area contributed by atoms with E-state index in [-0.39, 0.29) is 30.0 Å². The Labute approximate surface area is 172 Å². The van der Waals surface area contributed by atoms with Gasteiger partial charge in [0.1, 0.15) is 11.4 Å². The maximum Gasteiger partial charge on any atom is 0.262 e. The molecule has 0 radical (unpaired) electrons. The molecule has 0 aromatic carbocycles. The minimum absolute atomic E-state index is 0.0163. The van der Waals surface area contributed by atoms with E-state index >= 15 is 0 Å². The van der Waals surface area contributed by atoms with Gasteiger partial charge in [-0.2, -0.15) is 0 Å². The SMILES string of the molecule is Cc1c(C(=O)NCC2CCCO2)sc2ncn(CC(=O)N3CCCCC3)c(=O)c12. The molecular weight excluding hydrogens is 392 g/mol. The molecule has 2 aromatic heterocycles. The largest absolute Gasteiger partial charge is 0.376 e. The summed E-state index contributed by atoms with van der Waals surface area (Å²) in [6.45, 7) is 4.44. The van der Waals surface area contributed by atoms with Crippen molar-refractivity contribution >= 4 is 33.4 Å². The van der Waals surface area contributed by atoms with Crippen LogP contribution in [0.25, 0.3) is 10.2 Å². The summed E-state index contributed by atoms with van der Waals surface area (Å²) in [6.07, 6.45) is 6.59. The summed E-state index contributed by atoms with van der Waals surface area (Å²) in [5.74, 6) is -0.272. The monoisotopic (exact) mass is 418 g/mol. The van der Waals surface area contributed by atoms with Gasteiger partial charge in [0, 0.05) is 26.2 Å². The third-order valence-corrected chi connectivity index (χ3v) is 6.85. The molecule has 2 fully saturated rings. The summed E-state index contributed by atoms with van der Waals surface area (Å²) in [7, 11) is 0. The number of carbonyl (C=O) groups excluding carboxylic acids is 2. The van der Waals surface area contributed by atoms with Gasteiger partial charge in [-0.3, -0.25) is 19.0 Å². The average molecular weight is 419 g/mol. The fraction of sp³-hybridized carbons (Fsp3) is 0.600. The standard InChI is InChI=1S/C20H26N4O4S/c1-13-16-19(29-17(13)18(26)21-10-14-6-5-9-28-14)22-12-24(20(16)27)11-15(25)23-7-3-2-4-8-23/h12,14H,2-11H2,1H3,(H,21,26). The van der Waals surface area contributed by atoms with Crippen molar-refractivity contribution in [3.8, 4) is 0 Å². The lowest BCUT2D eigenvalue weighted by atomic mass is 10.1. The number of rotatable bonds is 5. The second kappa shape index (κ2) is 8.62. The van der Waals surface area contributed by atoms with E-state index in [0.717, 1.165) is 51.8 Å². The summed E-state index contributed by atoms with van der Waals surface area (Å²) in [5.41, 5.74) is 0.347. The van der Waals surface area contributed by atoms with E-state index in [9.17, 15) is 14.4 Å². The lowest BCUT2D eigenvalue weighted by molar-refractivity contribution is -0.132. The predicted molar refractivity (Wildman–Crippen MR) is 110 cm³/mol. The molecule has 9 heteroatoms. The number of likely N-dealkylation sites (tertiary alicyclic amines) is 1. The van der Waals surface area contributed by atoms with E-state index in [0.29, 0.717) is 27.2 Å². The molecule has 1 unspecified atom stereocenters. The summed E-state index contributed by atoms with van der Waals surface area (Å²) in [6, 6.07) is 0. The lowest BCUT2D eigenvalue weighted by Crippen LogP contribution is -2.39. The molecular formula is C20H26N4O4S. The summed E-state index contributed by atoms with van der Waals surface area (Å²) < 4.78 is 6.89. The first kappa shape index (κ1) is 20.0. The summed E-state index contributed by atoms with van der Waals surface area (Å²) in [5, 5.41) is 3.32. The highest BCUT2D eigenvalue weighted by Crippen LogP contribution is 2.27. The van der Waals surface area contributed by atoms with Crippen LogP contribution in [0.2, 0.25) is 0 Å². The second-order valence-corrected chi connectivity index (χ2v) is 8.70. The van der Waals surface area contributed by atoms with Crippen molar-refractivity contribution in [2.45, 2.75) is 51.7 Å². The smallest absolute Gasteiger partial charge is 0.262 e. The van der Waals surface area contributed by atoms with Crippen molar-refractivity contribution in [2.75, 3.05) is 26.2 Å². The highest BCUT2D eigenvalue weighted by atomic mass is 32.1. The van der Waals surface area contributed by atoms with Gasteiger partial charge < -0.3 is 15.0 Å². The van der Waals surface area contributed by atoms with Crippen LogP contribution in [-0.2, 0) is 16.1 Å². The molecule has 0 bridgehead atoms. The Hall–Kier alpha value is -2.26. The molecule has 1 N–H and O–H groups in total. The van der Waals surface area contributed by atoms with Crippen LogP contribution < -0.4 is 10.9 Å². The Balaban J connectivity index is 1.52. The molecule has 2 saturated heterocycles. The maximum atomic E-state index is 13.0. The number of nitrogens with one attached hydrogen (secondary N) is 1. The van der Waals surface area contributed by atoms with E-state index < -0.39 is 0 Å². The van der Waals surface area contributed by atoms with E-state index in [1.165, 1.54) is 22.2 Å². The van der Waals surface area contributed by atoms with Gasteiger partial charge in [0.05, 0.1) is 22.7 Å². The molecule has 29 heavy (non-hydrogen) atoms. The normalized spacial score (nSPS) is 19.6. The van der Waals surface area contributed by atoms with Crippen LogP contribution in [-0.4, -0.2) is 58.6 Å². The van der Waals surface area contributed by atoms with Gasteiger partial charge in [-0.05, 0) is 44.6 Å². The number of nitrogens with zero attached hydrogens (tertiary/aromatic N) is 3. The van der Waals surface area contributed by atoms with Gasteiger partial charge in [-0.25, -0.2) is 4.98 Å². The molecule has 0 saturated carbocycles. The number of fused-ring (bicyclic) bond motifs is 1. The quantitative estimate of drug-likeness (QED) is 0.798. The van der Waals surface area contributed by atoms with Gasteiger partial charge in [0.15, 0.2) is 0 Å². The maximum absolute atomic E-state index is 13.0. The zero-order chi connectivity index (χ0) is 20.4. The van der Waals surface area contributed by atoms with Crippen LogP contribution in [0.15, 0.2) is 11.1 Å². The molecule has 0 spiro atoms. The lowest BCUT2D eigenvalue weighted by Gasteiger charge is -2.26. The second-order valence-electron chi connectivity index (χ2n) is 7.70. The molecule has 8 nitrogen and oxygen atoms in total. The number of aromatic nitrogens is 2. The number of hydrogen-bond donors (Lipinski definition) is 1. The van der Waals surface area contributed by atoms with Gasteiger partial charge in [0.25, 0.3) is 11.5 Å². The number of thiophene rings is 1. The first-order valence-corrected chi connectivity index (χ1v) is 11.0. The van der Waals surface area contributed by atoms with Crippen LogP contribution in [0.5, 0.6) is 0 Å². The van der Waals surface area contributed by atoms with E-state index in [1.807, 2.05) is 4.90 Å². The van der Waals surface area contributed by atoms with Crippen molar-refractivity contribution in [3.63, 3.8) is 0 Å². The predicted octanol–water partition coefficient (Wildman–Crippen LogP) is 1.69. The zero-order valence-corrected chi connectivity index (χ0v) is 17.4. The molecule has 4 rings (SSSR count).